The number of nitrogens with zero attached hydrogens (tertiary/aromatic N) is 3. The van der Waals surface area contributed by atoms with Gasteiger partial charge in [-0.05, 0) is 6.42 Å². The number of likely N-dealkylation sites (tertiary alicyclic amines) is 1. The van der Waals surface area contributed by atoms with Crippen molar-refractivity contribution in [2.24, 2.45) is 5.73 Å². The first kappa shape index (κ1) is 12.8. The van der Waals surface area contributed by atoms with Gasteiger partial charge in [0.15, 0.2) is 5.82 Å². The van der Waals surface area contributed by atoms with Gasteiger partial charge in [0.2, 0.25) is 5.89 Å². The van der Waals surface area contributed by atoms with E-state index in [-0.39, 0.29) is 12.1 Å². The first-order valence-electron chi connectivity index (χ1n) is 6.29. The maximum Gasteiger partial charge on any atom is 0.317 e. The number of urea groups is 1. The third-order valence-electron chi connectivity index (χ3n) is 2.95. The van der Waals surface area contributed by atoms with Crippen molar-refractivity contribution in [3.05, 3.63) is 11.7 Å². The van der Waals surface area contributed by atoms with Gasteiger partial charge in [0.05, 0.1) is 0 Å². The SMILES string of the molecule is CCc1nc(CCNC(=O)N2CCC(N)C2)no1. The lowest BCUT2D eigenvalue weighted by atomic mass is 10.3. The fourth-order valence-electron chi connectivity index (χ4n) is 1.90. The van der Waals surface area contributed by atoms with Crippen LogP contribution in [0.25, 0.3) is 0 Å². The van der Waals surface area contributed by atoms with Crippen molar-refractivity contribution in [1.82, 2.24) is 20.4 Å². The van der Waals surface area contributed by atoms with Gasteiger partial charge in [0, 0.05) is 38.5 Å². The third-order valence-corrected chi connectivity index (χ3v) is 2.95. The van der Waals surface area contributed by atoms with E-state index in [4.69, 9.17) is 10.3 Å². The number of carbonyl (C=O) groups excluding carboxylic acids is 1. The average Bonchev–Trinajstić information content (AvgIpc) is 2.98. The van der Waals surface area contributed by atoms with Crippen LogP contribution in [0.4, 0.5) is 4.79 Å². The molecule has 1 saturated heterocycles. The van der Waals surface area contributed by atoms with E-state index in [9.17, 15) is 4.79 Å². The standard InChI is InChI=1S/C11H19N5O2/c1-2-10-14-9(15-18-10)3-5-13-11(17)16-6-4-8(12)7-16/h8H,2-7,12H2,1H3,(H,13,17). The number of aryl methyl sites for hydroxylation is 1. The molecular formula is C11H19N5O2. The van der Waals surface area contributed by atoms with Crippen LogP contribution in [0.5, 0.6) is 0 Å². The molecule has 0 radical (unpaired) electrons. The molecular weight excluding hydrogens is 234 g/mol. The second-order valence-corrected chi connectivity index (χ2v) is 4.43. The Kier molecular flexibility index (Phi) is 4.14. The maximum atomic E-state index is 11.7. The molecule has 3 N–H and O–H groups in total. The second kappa shape index (κ2) is 5.81. The molecule has 0 bridgehead atoms. The Morgan fingerprint density at radius 3 is 3.11 bits per heavy atom. The molecule has 2 heterocycles. The highest BCUT2D eigenvalue weighted by Gasteiger charge is 2.23. The van der Waals surface area contributed by atoms with Crippen molar-refractivity contribution < 1.29 is 9.32 Å². The Bertz CT molecular complexity index is 406. The molecule has 1 aromatic heterocycles. The van der Waals surface area contributed by atoms with Crippen LogP contribution in [0.15, 0.2) is 4.52 Å². The van der Waals surface area contributed by atoms with Gasteiger partial charge >= 0.3 is 6.03 Å². The number of nitrogens with two attached hydrogens (primary N) is 1. The monoisotopic (exact) mass is 253 g/mol. The number of hydrogen-bond donors (Lipinski definition) is 2. The highest BCUT2D eigenvalue weighted by atomic mass is 16.5. The summed E-state index contributed by atoms with van der Waals surface area (Å²) < 4.78 is 4.98. The molecule has 1 aliphatic heterocycles. The molecule has 1 unspecified atom stereocenters. The Morgan fingerprint density at radius 2 is 2.50 bits per heavy atom. The van der Waals surface area contributed by atoms with Gasteiger partial charge in [0.1, 0.15) is 0 Å². The number of aromatic nitrogens is 2. The molecule has 7 heteroatoms. The quantitative estimate of drug-likeness (QED) is 0.782. The van der Waals surface area contributed by atoms with Crippen LogP contribution in [0.3, 0.4) is 0 Å². The first-order valence-corrected chi connectivity index (χ1v) is 6.29. The van der Waals surface area contributed by atoms with Crippen LogP contribution < -0.4 is 11.1 Å². The molecule has 2 amide bonds. The lowest BCUT2D eigenvalue weighted by molar-refractivity contribution is 0.208. The summed E-state index contributed by atoms with van der Waals surface area (Å²) in [5.41, 5.74) is 5.75. The molecule has 1 aliphatic rings. The van der Waals surface area contributed by atoms with Gasteiger partial charge < -0.3 is 20.5 Å². The fraction of sp³-hybridized carbons (Fsp3) is 0.727. The fourth-order valence-corrected chi connectivity index (χ4v) is 1.90. The third kappa shape index (κ3) is 3.19. The number of rotatable bonds is 4. The van der Waals surface area contributed by atoms with Crippen molar-refractivity contribution in [3.8, 4) is 0 Å². The minimum atomic E-state index is -0.0674. The topological polar surface area (TPSA) is 97.3 Å². The lowest BCUT2D eigenvalue weighted by Crippen LogP contribution is -2.40. The van der Waals surface area contributed by atoms with E-state index in [2.05, 4.69) is 15.5 Å². The van der Waals surface area contributed by atoms with Crippen molar-refractivity contribution in [2.75, 3.05) is 19.6 Å². The molecule has 0 spiro atoms. The van der Waals surface area contributed by atoms with Gasteiger partial charge in [-0.2, -0.15) is 4.98 Å². The van der Waals surface area contributed by atoms with Gasteiger partial charge in [-0.15, -0.1) is 0 Å². The summed E-state index contributed by atoms with van der Waals surface area (Å²) in [5.74, 6) is 1.26. The smallest absolute Gasteiger partial charge is 0.317 e. The predicted octanol–water partition coefficient (Wildman–Crippen LogP) is -0.0829. The molecule has 100 valence electrons. The normalized spacial score (nSPS) is 19.2. The Balaban J connectivity index is 1.70. The van der Waals surface area contributed by atoms with Crippen LogP contribution >= 0.6 is 0 Å². The summed E-state index contributed by atoms with van der Waals surface area (Å²) in [6.45, 7) is 3.83. The zero-order chi connectivity index (χ0) is 13.0. The van der Waals surface area contributed by atoms with Gasteiger partial charge in [0.25, 0.3) is 0 Å². The Morgan fingerprint density at radius 1 is 1.67 bits per heavy atom. The number of hydrogen-bond acceptors (Lipinski definition) is 5. The molecule has 1 aromatic rings. The van der Waals surface area contributed by atoms with Gasteiger partial charge in [-0.1, -0.05) is 12.1 Å². The van der Waals surface area contributed by atoms with Crippen LogP contribution in [0.2, 0.25) is 0 Å². The average molecular weight is 253 g/mol. The minimum Gasteiger partial charge on any atom is -0.339 e. The van der Waals surface area contributed by atoms with E-state index in [1.54, 1.807) is 4.90 Å². The Hall–Kier alpha value is -1.63. The zero-order valence-electron chi connectivity index (χ0n) is 10.6. The van der Waals surface area contributed by atoms with Crippen LogP contribution in [0, 0.1) is 0 Å². The van der Waals surface area contributed by atoms with Crippen LogP contribution in [-0.4, -0.2) is 46.7 Å². The number of amides is 2. The van der Waals surface area contributed by atoms with E-state index >= 15 is 0 Å². The molecule has 7 nitrogen and oxygen atoms in total. The highest BCUT2D eigenvalue weighted by molar-refractivity contribution is 5.74. The largest absolute Gasteiger partial charge is 0.339 e. The van der Waals surface area contributed by atoms with Crippen molar-refractivity contribution in [3.63, 3.8) is 0 Å². The van der Waals surface area contributed by atoms with E-state index in [0.717, 1.165) is 19.4 Å². The second-order valence-electron chi connectivity index (χ2n) is 4.43. The maximum absolute atomic E-state index is 11.7. The van der Waals surface area contributed by atoms with Crippen molar-refractivity contribution in [1.29, 1.82) is 0 Å². The zero-order valence-corrected chi connectivity index (χ0v) is 10.6. The molecule has 2 rings (SSSR count). The lowest BCUT2D eigenvalue weighted by Gasteiger charge is -2.16. The first-order chi connectivity index (χ1) is 8.69. The van der Waals surface area contributed by atoms with Gasteiger partial charge in [-0.3, -0.25) is 0 Å². The summed E-state index contributed by atoms with van der Waals surface area (Å²) in [4.78, 5) is 17.6. The predicted molar refractivity (Wildman–Crippen MR) is 64.9 cm³/mol. The molecule has 1 fully saturated rings. The Labute approximate surface area is 106 Å². The molecule has 0 aromatic carbocycles. The summed E-state index contributed by atoms with van der Waals surface area (Å²) in [5, 5.41) is 6.65. The molecule has 18 heavy (non-hydrogen) atoms. The van der Waals surface area contributed by atoms with Crippen molar-refractivity contribution >= 4 is 6.03 Å². The molecule has 0 aliphatic carbocycles. The van der Waals surface area contributed by atoms with E-state index < -0.39 is 0 Å². The summed E-state index contributed by atoms with van der Waals surface area (Å²) in [7, 11) is 0. The van der Waals surface area contributed by atoms with E-state index in [0.29, 0.717) is 31.2 Å². The number of nitrogens with one attached hydrogen (secondary N) is 1. The number of carbonyl (C=O) groups is 1. The summed E-state index contributed by atoms with van der Waals surface area (Å²) in [6.07, 6.45) is 2.18. The summed E-state index contributed by atoms with van der Waals surface area (Å²) in [6, 6.07) is 0.0437. The van der Waals surface area contributed by atoms with Crippen molar-refractivity contribution in [2.45, 2.75) is 32.2 Å². The summed E-state index contributed by atoms with van der Waals surface area (Å²) >= 11 is 0. The highest BCUT2D eigenvalue weighted by Crippen LogP contribution is 2.06. The van der Waals surface area contributed by atoms with Crippen LogP contribution in [0.1, 0.15) is 25.1 Å². The van der Waals surface area contributed by atoms with E-state index in [1.165, 1.54) is 0 Å². The van der Waals surface area contributed by atoms with E-state index in [1.807, 2.05) is 6.92 Å². The minimum absolute atomic E-state index is 0.0674. The van der Waals surface area contributed by atoms with Crippen LogP contribution in [-0.2, 0) is 12.8 Å². The molecule has 0 saturated carbocycles. The van der Waals surface area contributed by atoms with Gasteiger partial charge in [-0.25, -0.2) is 4.79 Å². The molecule has 1 atom stereocenters.